The van der Waals surface area contributed by atoms with Gasteiger partial charge in [-0.05, 0) is 18.6 Å². The molecule has 0 aliphatic rings. The molecule has 16 heavy (non-hydrogen) atoms. The summed E-state index contributed by atoms with van der Waals surface area (Å²) < 4.78 is 30.7. The van der Waals surface area contributed by atoms with E-state index in [0.717, 1.165) is 18.2 Å². The average Bonchev–Trinajstić information content (AvgIpc) is 2.28. The number of carbonyl (C=O) groups is 1. The quantitative estimate of drug-likeness (QED) is 0.345. The van der Waals surface area contributed by atoms with Crippen LogP contribution in [0.3, 0.4) is 0 Å². The molecular formula is C10H12F2N2O2. The second-order valence-electron chi connectivity index (χ2n) is 3.09. The number of amides is 1. The van der Waals surface area contributed by atoms with E-state index in [9.17, 15) is 13.6 Å². The van der Waals surface area contributed by atoms with E-state index in [0.29, 0.717) is 6.42 Å². The number of carbonyl (C=O) groups excluding carboxylic acids is 1. The topological polar surface area (TPSA) is 64.3 Å². The highest BCUT2D eigenvalue weighted by atomic mass is 19.1. The lowest BCUT2D eigenvalue weighted by Crippen LogP contribution is -2.29. The zero-order valence-corrected chi connectivity index (χ0v) is 8.50. The Morgan fingerprint density at radius 2 is 2.19 bits per heavy atom. The van der Waals surface area contributed by atoms with Gasteiger partial charge in [-0.3, -0.25) is 10.2 Å². The van der Waals surface area contributed by atoms with Crippen LogP contribution in [0.25, 0.3) is 0 Å². The van der Waals surface area contributed by atoms with E-state index in [1.165, 1.54) is 0 Å². The molecule has 0 saturated heterocycles. The number of benzene rings is 1. The molecule has 1 rings (SSSR count). The third-order valence-corrected chi connectivity index (χ3v) is 1.86. The summed E-state index contributed by atoms with van der Waals surface area (Å²) in [4.78, 5) is 10.7. The number of ether oxygens (including phenoxy) is 1. The molecule has 4 nitrogen and oxygen atoms in total. The van der Waals surface area contributed by atoms with Crippen LogP contribution in [-0.2, 0) is 4.79 Å². The molecule has 0 unspecified atom stereocenters. The van der Waals surface area contributed by atoms with E-state index in [-0.39, 0.29) is 24.7 Å². The Hall–Kier alpha value is -1.69. The van der Waals surface area contributed by atoms with Crippen molar-refractivity contribution in [3.63, 3.8) is 0 Å². The molecule has 0 fully saturated rings. The summed E-state index contributed by atoms with van der Waals surface area (Å²) in [5.41, 5.74) is 1.96. The van der Waals surface area contributed by atoms with E-state index >= 15 is 0 Å². The number of nitrogens with one attached hydrogen (secondary N) is 1. The number of halogens is 2. The number of hydrogen-bond acceptors (Lipinski definition) is 3. The van der Waals surface area contributed by atoms with Gasteiger partial charge in [0.2, 0.25) is 5.91 Å². The molecule has 1 aromatic carbocycles. The summed E-state index contributed by atoms with van der Waals surface area (Å²) in [6, 6.07) is 2.94. The van der Waals surface area contributed by atoms with Crippen LogP contribution in [0, 0.1) is 11.6 Å². The zero-order chi connectivity index (χ0) is 12.0. The third kappa shape index (κ3) is 3.82. The number of rotatable bonds is 5. The highest BCUT2D eigenvalue weighted by Crippen LogP contribution is 2.18. The van der Waals surface area contributed by atoms with E-state index in [1.54, 1.807) is 0 Å². The van der Waals surface area contributed by atoms with Gasteiger partial charge in [-0.25, -0.2) is 14.6 Å². The normalized spacial score (nSPS) is 9.94. The fourth-order valence-electron chi connectivity index (χ4n) is 1.07. The molecule has 0 heterocycles. The van der Waals surface area contributed by atoms with E-state index in [2.05, 4.69) is 0 Å². The highest BCUT2D eigenvalue weighted by molar-refractivity contribution is 5.75. The first-order chi connectivity index (χ1) is 7.63. The van der Waals surface area contributed by atoms with Crippen LogP contribution < -0.4 is 16.0 Å². The van der Waals surface area contributed by atoms with Gasteiger partial charge in [-0.2, -0.15) is 0 Å². The molecule has 6 heteroatoms. The maximum atomic E-state index is 13.0. The molecular weight excluding hydrogens is 218 g/mol. The van der Waals surface area contributed by atoms with E-state index in [4.69, 9.17) is 10.6 Å². The van der Waals surface area contributed by atoms with Crippen molar-refractivity contribution in [1.82, 2.24) is 5.43 Å². The first-order valence-corrected chi connectivity index (χ1v) is 4.71. The van der Waals surface area contributed by atoms with Gasteiger partial charge < -0.3 is 4.74 Å². The van der Waals surface area contributed by atoms with Crippen LogP contribution in [-0.4, -0.2) is 12.5 Å². The van der Waals surface area contributed by atoms with Crippen molar-refractivity contribution in [3.05, 3.63) is 29.8 Å². The Bertz CT molecular complexity index is 372. The minimum atomic E-state index is -0.635. The first kappa shape index (κ1) is 12.4. The lowest BCUT2D eigenvalue weighted by Gasteiger charge is -2.06. The summed E-state index contributed by atoms with van der Waals surface area (Å²) in [6.45, 7) is 0.119. The number of hydrazine groups is 1. The first-order valence-electron chi connectivity index (χ1n) is 4.71. The minimum Gasteiger partial charge on any atom is -0.490 e. The Balaban J connectivity index is 2.37. The molecule has 0 aromatic heterocycles. The third-order valence-electron chi connectivity index (χ3n) is 1.86. The summed E-state index contributed by atoms with van der Waals surface area (Å²) in [7, 11) is 0. The number of hydrogen-bond donors (Lipinski definition) is 2. The van der Waals surface area contributed by atoms with Crippen molar-refractivity contribution in [2.75, 3.05) is 6.61 Å². The SMILES string of the molecule is NNC(=O)CCCOc1cc(F)ccc1F. The lowest BCUT2D eigenvalue weighted by molar-refractivity contribution is -0.121. The zero-order valence-electron chi connectivity index (χ0n) is 8.50. The monoisotopic (exact) mass is 230 g/mol. The van der Waals surface area contributed by atoms with Crippen LogP contribution in [0.2, 0.25) is 0 Å². The van der Waals surface area contributed by atoms with Gasteiger partial charge >= 0.3 is 0 Å². The molecule has 0 aliphatic heterocycles. The average molecular weight is 230 g/mol. The molecule has 3 N–H and O–H groups in total. The Morgan fingerprint density at radius 1 is 1.44 bits per heavy atom. The van der Waals surface area contributed by atoms with Crippen molar-refractivity contribution >= 4 is 5.91 Å². The molecule has 1 amide bonds. The largest absolute Gasteiger partial charge is 0.490 e. The van der Waals surface area contributed by atoms with Crippen LogP contribution in [0.5, 0.6) is 5.75 Å². The molecule has 0 aliphatic carbocycles. The van der Waals surface area contributed by atoms with Gasteiger partial charge in [0.05, 0.1) is 6.61 Å². The van der Waals surface area contributed by atoms with Gasteiger partial charge in [0, 0.05) is 12.5 Å². The van der Waals surface area contributed by atoms with Crippen molar-refractivity contribution in [3.8, 4) is 5.75 Å². The van der Waals surface area contributed by atoms with E-state index < -0.39 is 11.6 Å². The standard InChI is InChI=1S/C10H12F2N2O2/c11-7-3-4-8(12)9(6-7)16-5-1-2-10(15)14-13/h3-4,6H,1-2,5,13H2,(H,14,15). The second-order valence-corrected chi connectivity index (χ2v) is 3.09. The molecule has 0 saturated carbocycles. The predicted octanol–water partition coefficient (Wildman–Crippen LogP) is 1.11. The summed E-state index contributed by atoms with van der Waals surface area (Å²) in [5, 5.41) is 0. The molecule has 1 aromatic rings. The summed E-state index contributed by atoms with van der Waals surface area (Å²) in [6.07, 6.45) is 0.548. The maximum Gasteiger partial charge on any atom is 0.234 e. The molecule has 0 spiro atoms. The van der Waals surface area contributed by atoms with Crippen LogP contribution in [0.1, 0.15) is 12.8 Å². The smallest absolute Gasteiger partial charge is 0.234 e. The maximum absolute atomic E-state index is 13.0. The van der Waals surface area contributed by atoms with E-state index in [1.807, 2.05) is 5.43 Å². The molecule has 0 bridgehead atoms. The summed E-state index contributed by atoms with van der Waals surface area (Å²) >= 11 is 0. The molecule has 0 radical (unpaired) electrons. The Labute approximate surface area is 91.4 Å². The van der Waals surface area contributed by atoms with Crippen LogP contribution >= 0.6 is 0 Å². The van der Waals surface area contributed by atoms with Gasteiger partial charge in [0.25, 0.3) is 0 Å². The van der Waals surface area contributed by atoms with Crippen molar-refractivity contribution in [1.29, 1.82) is 0 Å². The predicted molar refractivity (Wildman–Crippen MR) is 53.4 cm³/mol. The lowest BCUT2D eigenvalue weighted by atomic mass is 10.3. The fraction of sp³-hybridized carbons (Fsp3) is 0.300. The fourth-order valence-corrected chi connectivity index (χ4v) is 1.07. The number of nitrogens with two attached hydrogens (primary N) is 1. The molecule has 88 valence electrons. The highest BCUT2D eigenvalue weighted by Gasteiger charge is 2.05. The van der Waals surface area contributed by atoms with Gasteiger partial charge in [0.15, 0.2) is 11.6 Å². The second kappa shape index (κ2) is 6.02. The van der Waals surface area contributed by atoms with Crippen molar-refractivity contribution in [2.24, 2.45) is 5.84 Å². The van der Waals surface area contributed by atoms with Gasteiger partial charge in [0.1, 0.15) is 5.82 Å². The Morgan fingerprint density at radius 3 is 2.88 bits per heavy atom. The van der Waals surface area contributed by atoms with Crippen LogP contribution in [0.4, 0.5) is 8.78 Å². The summed E-state index contributed by atoms with van der Waals surface area (Å²) in [5.74, 6) is 3.16. The molecule has 0 atom stereocenters. The Kier molecular flexibility index (Phi) is 4.65. The van der Waals surface area contributed by atoms with Crippen molar-refractivity contribution in [2.45, 2.75) is 12.8 Å². The van der Waals surface area contributed by atoms with Gasteiger partial charge in [-0.15, -0.1) is 0 Å². The van der Waals surface area contributed by atoms with Gasteiger partial charge in [-0.1, -0.05) is 0 Å². The van der Waals surface area contributed by atoms with Crippen molar-refractivity contribution < 1.29 is 18.3 Å². The minimum absolute atomic E-state index is 0.119. The van der Waals surface area contributed by atoms with Crippen LogP contribution in [0.15, 0.2) is 18.2 Å².